The third-order valence-electron chi connectivity index (χ3n) is 2.92. The van der Waals surface area contributed by atoms with Crippen LogP contribution in [0.4, 0.5) is 0 Å². The fourth-order valence-corrected chi connectivity index (χ4v) is 1.93. The summed E-state index contributed by atoms with van der Waals surface area (Å²) in [5, 5.41) is 9.33. The van der Waals surface area contributed by atoms with Crippen LogP contribution in [-0.4, -0.2) is 11.1 Å². The Morgan fingerprint density at radius 1 is 1.11 bits per heavy atom. The summed E-state index contributed by atoms with van der Waals surface area (Å²) in [7, 11) is 0. The normalized spacial score (nSPS) is 11.8. The molecule has 0 radical (unpaired) electrons. The van der Waals surface area contributed by atoms with Crippen LogP contribution in [0.2, 0.25) is 0 Å². The number of para-hydroxylation sites is 1. The maximum atomic E-state index is 11.4. The summed E-state index contributed by atoms with van der Waals surface area (Å²) >= 11 is 0. The van der Waals surface area contributed by atoms with Crippen LogP contribution in [0.1, 0.15) is 24.2 Å². The van der Waals surface area contributed by atoms with Gasteiger partial charge < -0.3 is 9.84 Å². The number of ether oxygens (including phenoxy) is 1. The van der Waals surface area contributed by atoms with Crippen molar-refractivity contribution in [3.8, 4) is 5.75 Å². The molecule has 0 aliphatic rings. The van der Waals surface area contributed by atoms with Gasteiger partial charge in [-0.3, -0.25) is 0 Å². The minimum Gasteiger partial charge on any atom is -0.478 e. The van der Waals surface area contributed by atoms with Gasteiger partial charge in [0.15, 0.2) is 0 Å². The zero-order chi connectivity index (χ0) is 13.7. The minimum atomic E-state index is -0.989. The van der Waals surface area contributed by atoms with Gasteiger partial charge in [-0.05, 0) is 18.1 Å². The summed E-state index contributed by atoms with van der Waals surface area (Å²) in [4.78, 5) is 11.4. The van der Waals surface area contributed by atoms with E-state index in [9.17, 15) is 9.90 Å². The summed E-state index contributed by atoms with van der Waals surface area (Å²) < 4.78 is 5.68. The van der Waals surface area contributed by atoms with E-state index in [4.69, 9.17) is 4.74 Å². The zero-order valence-corrected chi connectivity index (χ0v) is 10.7. The van der Waals surface area contributed by atoms with Crippen LogP contribution in [0.25, 0.3) is 0 Å². The predicted molar refractivity (Wildman–Crippen MR) is 73.3 cm³/mol. The van der Waals surface area contributed by atoms with Crippen molar-refractivity contribution in [1.29, 1.82) is 0 Å². The van der Waals surface area contributed by atoms with Crippen LogP contribution in [0, 0.1) is 0 Å². The molecule has 0 fully saturated rings. The maximum Gasteiger partial charge on any atom is 0.349 e. The minimum absolute atomic E-state index is 0.626. The van der Waals surface area contributed by atoms with Crippen LogP contribution in [0.3, 0.4) is 0 Å². The highest BCUT2D eigenvalue weighted by molar-refractivity contribution is 5.74. The predicted octanol–water partition coefficient (Wildman–Crippen LogP) is 3.45. The first-order valence-corrected chi connectivity index (χ1v) is 6.24. The Balaban J connectivity index is 2.30. The second-order valence-corrected chi connectivity index (χ2v) is 4.21. The van der Waals surface area contributed by atoms with Gasteiger partial charge in [-0.1, -0.05) is 55.5 Å². The molecule has 0 spiro atoms. The molecule has 1 N–H and O–H groups in total. The fraction of sp³-hybridized carbons (Fsp3) is 0.188. The van der Waals surface area contributed by atoms with Crippen LogP contribution < -0.4 is 4.74 Å². The van der Waals surface area contributed by atoms with Gasteiger partial charge in [0, 0.05) is 5.56 Å². The van der Waals surface area contributed by atoms with E-state index in [2.05, 4.69) is 0 Å². The molecule has 0 heterocycles. The van der Waals surface area contributed by atoms with Gasteiger partial charge in [0.25, 0.3) is 0 Å². The van der Waals surface area contributed by atoms with E-state index in [0.29, 0.717) is 11.3 Å². The monoisotopic (exact) mass is 256 g/mol. The highest BCUT2D eigenvalue weighted by Crippen LogP contribution is 2.26. The average Bonchev–Trinajstić information content (AvgIpc) is 2.45. The number of hydrogen-bond donors (Lipinski definition) is 1. The Hall–Kier alpha value is -2.29. The maximum absolute atomic E-state index is 11.4. The van der Waals surface area contributed by atoms with Crippen LogP contribution >= 0.6 is 0 Å². The summed E-state index contributed by atoms with van der Waals surface area (Å²) in [6, 6.07) is 16.5. The molecule has 0 aliphatic carbocycles. The van der Waals surface area contributed by atoms with E-state index in [-0.39, 0.29) is 0 Å². The van der Waals surface area contributed by atoms with Gasteiger partial charge in [-0.25, -0.2) is 4.79 Å². The first-order valence-electron chi connectivity index (χ1n) is 6.24. The molecule has 98 valence electrons. The van der Waals surface area contributed by atoms with E-state index < -0.39 is 12.1 Å². The van der Waals surface area contributed by atoms with Crippen molar-refractivity contribution < 1.29 is 14.6 Å². The average molecular weight is 256 g/mol. The van der Waals surface area contributed by atoms with Gasteiger partial charge >= 0.3 is 5.97 Å². The summed E-state index contributed by atoms with van der Waals surface area (Å²) in [5.74, 6) is -0.363. The molecule has 3 heteroatoms. The van der Waals surface area contributed by atoms with E-state index >= 15 is 0 Å². The molecule has 0 aliphatic heterocycles. The van der Waals surface area contributed by atoms with Crippen LogP contribution in [0.15, 0.2) is 54.6 Å². The van der Waals surface area contributed by atoms with Crippen molar-refractivity contribution in [3.63, 3.8) is 0 Å². The third kappa shape index (κ3) is 3.13. The second-order valence-electron chi connectivity index (χ2n) is 4.21. The van der Waals surface area contributed by atoms with Gasteiger partial charge in [-0.2, -0.15) is 0 Å². The summed E-state index contributed by atoms with van der Waals surface area (Å²) in [6.07, 6.45) is -0.175. The molecule has 3 nitrogen and oxygen atoms in total. The molecular weight excluding hydrogens is 240 g/mol. The van der Waals surface area contributed by atoms with Crippen molar-refractivity contribution in [1.82, 2.24) is 0 Å². The molecule has 1 atom stereocenters. The smallest absolute Gasteiger partial charge is 0.349 e. The molecule has 0 saturated heterocycles. The molecule has 2 rings (SSSR count). The lowest BCUT2D eigenvalue weighted by molar-refractivity contribution is -0.145. The van der Waals surface area contributed by atoms with Crippen molar-refractivity contribution in [2.45, 2.75) is 19.4 Å². The van der Waals surface area contributed by atoms with Crippen molar-refractivity contribution in [2.24, 2.45) is 0 Å². The number of carbonyl (C=O) groups is 1. The van der Waals surface area contributed by atoms with E-state index in [1.54, 1.807) is 30.3 Å². The Morgan fingerprint density at radius 3 is 2.37 bits per heavy atom. The molecule has 2 aromatic rings. The van der Waals surface area contributed by atoms with Gasteiger partial charge in [0.1, 0.15) is 5.75 Å². The van der Waals surface area contributed by atoms with Gasteiger partial charge in [0.05, 0.1) is 0 Å². The SMILES string of the molecule is CCc1ccccc1O[C@H](C(=O)O)c1ccccc1. The Morgan fingerprint density at radius 2 is 1.74 bits per heavy atom. The topological polar surface area (TPSA) is 46.5 Å². The summed E-state index contributed by atoms with van der Waals surface area (Å²) in [6.45, 7) is 2.01. The lowest BCUT2D eigenvalue weighted by atomic mass is 10.1. The highest BCUT2D eigenvalue weighted by Gasteiger charge is 2.22. The Bertz CT molecular complexity index is 549. The third-order valence-corrected chi connectivity index (χ3v) is 2.92. The number of carboxylic acids is 1. The Kier molecular flexibility index (Phi) is 4.18. The first-order chi connectivity index (χ1) is 9.22. The molecule has 0 bridgehead atoms. The zero-order valence-electron chi connectivity index (χ0n) is 10.7. The number of aliphatic carboxylic acids is 1. The van der Waals surface area contributed by atoms with E-state index in [0.717, 1.165) is 12.0 Å². The number of carboxylic acid groups (broad SMARTS) is 1. The highest BCUT2D eigenvalue weighted by atomic mass is 16.5. The standard InChI is InChI=1S/C16H16O3/c1-2-12-8-6-7-11-14(12)19-15(16(17)18)13-9-4-3-5-10-13/h3-11,15H,2H2,1H3,(H,17,18)/t15-/m0/s1. The molecular formula is C16H16O3. The number of aryl methyl sites for hydroxylation is 1. The lowest BCUT2D eigenvalue weighted by Crippen LogP contribution is -2.18. The molecule has 2 aromatic carbocycles. The van der Waals surface area contributed by atoms with Crippen molar-refractivity contribution in [3.05, 3.63) is 65.7 Å². The van der Waals surface area contributed by atoms with E-state index in [1.165, 1.54) is 0 Å². The lowest BCUT2D eigenvalue weighted by Gasteiger charge is -2.17. The van der Waals surface area contributed by atoms with Crippen LogP contribution in [0.5, 0.6) is 5.75 Å². The van der Waals surface area contributed by atoms with Gasteiger partial charge in [-0.15, -0.1) is 0 Å². The first kappa shape index (κ1) is 13.1. The number of hydrogen-bond acceptors (Lipinski definition) is 2. The van der Waals surface area contributed by atoms with Crippen molar-refractivity contribution in [2.75, 3.05) is 0 Å². The second kappa shape index (κ2) is 6.05. The molecule has 0 unspecified atom stereocenters. The molecule has 0 saturated carbocycles. The quantitative estimate of drug-likeness (QED) is 0.891. The fourth-order valence-electron chi connectivity index (χ4n) is 1.93. The van der Waals surface area contributed by atoms with Crippen LogP contribution in [-0.2, 0) is 11.2 Å². The Labute approximate surface area is 112 Å². The largest absolute Gasteiger partial charge is 0.478 e. The summed E-state index contributed by atoms with van der Waals surface area (Å²) in [5.41, 5.74) is 1.64. The van der Waals surface area contributed by atoms with E-state index in [1.807, 2.05) is 31.2 Å². The molecule has 0 amide bonds. The number of rotatable bonds is 5. The molecule has 19 heavy (non-hydrogen) atoms. The van der Waals surface area contributed by atoms with Gasteiger partial charge in [0.2, 0.25) is 6.10 Å². The number of benzene rings is 2. The van der Waals surface area contributed by atoms with Crippen molar-refractivity contribution >= 4 is 5.97 Å². The molecule has 0 aromatic heterocycles.